The number of nitrogens with one attached hydrogen (secondary N) is 1. The van der Waals surface area contributed by atoms with E-state index in [1.54, 1.807) is 6.20 Å². The molecular formula is C13H21ClN4O2. The van der Waals surface area contributed by atoms with Crippen LogP contribution in [0, 0.1) is 0 Å². The molecule has 6 nitrogen and oxygen atoms in total. The smallest absolute Gasteiger partial charge is 0.224 e. The van der Waals surface area contributed by atoms with Gasteiger partial charge in [0.05, 0.1) is 25.0 Å². The van der Waals surface area contributed by atoms with E-state index < -0.39 is 0 Å². The Morgan fingerprint density at radius 1 is 1.55 bits per heavy atom. The van der Waals surface area contributed by atoms with E-state index in [4.69, 9.17) is 16.3 Å². The van der Waals surface area contributed by atoms with Crippen LogP contribution in [0.15, 0.2) is 6.20 Å². The molecule has 0 aliphatic carbocycles. The monoisotopic (exact) mass is 300 g/mol. The van der Waals surface area contributed by atoms with Crippen LogP contribution in [-0.4, -0.2) is 53.5 Å². The van der Waals surface area contributed by atoms with Gasteiger partial charge >= 0.3 is 0 Å². The first-order chi connectivity index (χ1) is 9.63. The number of nitrogens with zero attached hydrogens (tertiary/aromatic N) is 3. The van der Waals surface area contributed by atoms with Gasteiger partial charge < -0.3 is 20.1 Å². The number of aromatic nitrogens is 2. The van der Waals surface area contributed by atoms with Crippen molar-refractivity contribution in [1.82, 2.24) is 9.97 Å². The second-order valence-corrected chi connectivity index (χ2v) is 5.36. The summed E-state index contributed by atoms with van der Waals surface area (Å²) in [4.78, 5) is 10.7. The fourth-order valence-corrected chi connectivity index (χ4v) is 2.43. The molecule has 1 aromatic heterocycles. The van der Waals surface area contributed by atoms with Crippen LogP contribution >= 0.6 is 11.6 Å². The van der Waals surface area contributed by atoms with Gasteiger partial charge in [0.15, 0.2) is 5.82 Å². The summed E-state index contributed by atoms with van der Waals surface area (Å²) in [6.07, 6.45) is 2.43. The third-order valence-corrected chi connectivity index (χ3v) is 3.35. The lowest BCUT2D eigenvalue weighted by Crippen LogP contribution is -2.48. The highest BCUT2D eigenvalue weighted by Gasteiger charge is 2.27. The van der Waals surface area contributed by atoms with E-state index in [1.807, 2.05) is 11.8 Å². The Morgan fingerprint density at radius 2 is 2.35 bits per heavy atom. The van der Waals surface area contributed by atoms with Crippen LogP contribution in [0.1, 0.15) is 20.3 Å². The summed E-state index contributed by atoms with van der Waals surface area (Å²) in [5.74, 6) is 1.26. The second kappa shape index (κ2) is 7.06. The molecule has 2 unspecified atom stereocenters. The first-order valence-electron chi connectivity index (χ1n) is 6.91. The molecule has 2 N–H and O–H groups in total. The lowest BCUT2D eigenvalue weighted by atomic mass is 10.2. The Kier molecular flexibility index (Phi) is 5.39. The highest BCUT2D eigenvalue weighted by atomic mass is 35.5. The van der Waals surface area contributed by atoms with E-state index in [0.717, 1.165) is 13.0 Å². The van der Waals surface area contributed by atoms with Gasteiger partial charge in [-0.05, 0) is 13.3 Å². The van der Waals surface area contributed by atoms with Crippen LogP contribution in [0.3, 0.4) is 0 Å². The van der Waals surface area contributed by atoms with Crippen molar-refractivity contribution in [2.75, 3.05) is 36.5 Å². The van der Waals surface area contributed by atoms with Gasteiger partial charge in [-0.2, -0.15) is 4.98 Å². The molecule has 2 heterocycles. The molecule has 0 radical (unpaired) electrons. The number of ether oxygens (including phenoxy) is 1. The molecule has 0 spiro atoms. The predicted octanol–water partition coefficient (Wildman–Crippen LogP) is 1.54. The molecule has 1 aromatic rings. The van der Waals surface area contributed by atoms with E-state index in [2.05, 4.69) is 22.2 Å². The Hall–Kier alpha value is -1.11. The average Bonchev–Trinajstić information content (AvgIpc) is 2.45. The number of morpholine rings is 1. The zero-order valence-corrected chi connectivity index (χ0v) is 12.6. The number of aliphatic hydroxyl groups is 1. The van der Waals surface area contributed by atoms with Gasteiger partial charge in [0, 0.05) is 19.6 Å². The Labute approximate surface area is 124 Å². The van der Waals surface area contributed by atoms with Gasteiger partial charge in [-0.1, -0.05) is 18.5 Å². The zero-order chi connectivity index (χ0) is 14.5. The van der Waals surface area contributed by atoms with Crippen molar-refractivity contribution in [2.45, 2.75) is 32.5 Å². The molecule has 7 heteroatoms. The molecule has 0 saturated carbocycles. The number of rotatable bonds is 5. The maximum atomic E-state index is 9.28. The van der Waals surface area contributed by atoms with Gasteiger partial charge in [0.2, 0.25) is 5.95 Å². The van der Waals surface area contributed by atoms with Crippen molar-refractivity contribution in [3.63, 3.8) is 0 Å². The summed E-state index contributed by atoms with van der Waals surface area (Å²) >= 11 is 6.20. The second-order valence-electron chi connectivity index (χ2n) is 4.95. The molecule has 0 bridgehead atoms. The summed E-state index contributed by atoms with van der Waals surface area (Å²) in [7, 11) is 0. The molecule has 0 amide bonds. The first kappa shape index (κ1) is 15.3. The number of anilines is 2. The quantitative estimate of drug-likeness (QED) is 0.859. The van der Waals surface area contributed by atoms with Crippen molar-refractivity contribution in [2.24, 2.45) is 0 Å². The summed E-state index contributed by atoms with van der Waals surface area (Å²) in [6.45, 7) is 6.13. The van der Waals surface area contributed by atoms with Gasteiger partial charge in [-0.25, -0.2) is 4.98 Å². The minimum atomic E-state index is -0.211. The number of aliphatic hydroxyl groups excluding tert-OH is 1. The molecule has 1 aliphatic rings. The van der Waals surface area contributed by atoms with E-state index in [1.165, 1.54) is 0 Å². The standard InChI is InChI=1S/C13H21ClN4O2/c1-3-4-15-13-16-5-11(14)12(17-13)18-6-9(2)20-10(7-18)8-19/h5,9-10,19H,3-4,6-8H2,1-2H3,(H,15,16,17). The van der Waals surface area contributed by atoms with Crippen LogP contribution in [0.25, 0.3) is 0 Å². The van der Waals surface area contributed by atoms with Gasteiger partial charge in [0.25, 0.3) is 0 Å². The van der Waals surface area contributed by atoms with Crippen molar-refractivity contribution in [3.8, 4) is 0 Å². The number of hydrogen-bond donors (Lipinski definition) is 2. The third-order valence-electron chi connectivity index (χ3n) is 3.09. The van der Waals surface area contributed by atoms with Crippen molar-refractivity contribution in [3.05, 3.63) is 11.2 Å². The van der Waals surface area contributed by atoms with Gasteiger partial charge in [-0.15, -0.1) is 0 Å². The lowest BCUT2D eigenvalue weighted by molar-refractivity contribution is -0.0422. The first-order valence-corrected chi connectivity index (χ1v) is 7.29. The fourth-order valence-electron chi connectivity index (χ4n) is 2.22. The SMILES string of the molecule is CCCNc1ncc(Cl)c(N2CC(C)OC(CO)C2)n1. The van der Waals surface area contributed by atoms with Gasteiger partial charge in [0.1, 0.15) is 5.02 Å². The van der Waals surface area contributed by atoms with Gasteiger partial charge in [-0.3, -0.25) is 0 Å². The third kappa shape index (κ3) is 3.71. The molecule has 2 rings (SSSR count). The molecule has 20 heavy (non-hydrogen) atoms. The summed E-state index contributed by atoms with van der Waals surface area (Å²) in [5.41, 5.74) is 0. The molecule has 0 aromatic carbocycles. The Balaban J connectivity index is 2.17. The largest absolute Gasteiger partial charge is 0.394 e. The normalized spacial score (nSPS) is 22.9. The molecule has 1 fully saturated rings. The predicted molar refractivity (Wildman–Crippen MR) is 79.5 cm³/mol. The maximum Gasteiger partial charge on any atom is 0.224 e. The van der Waals surface area contributed by atoms with E-state index in [9.17, 15) is 5.11 Å². The van der Waals surface area contributed by atoms with Crippen LogP contribution in [-0.2, 0) is 4.74 Å². The van der Waals surface area contributed by atoms with Crippen LogP contribution in [0.5, 0.6) is 0 Å². The maximum absolute atomic E-state index is 9.28. The van der Waals surface area contributed by atoms with E-state index in [-0.39, 0.29) is 18.8 Å². The van der Waals surface area contributed by atoms with E-state index in [0.29, 0.717) is 29.9 Å². The topological polar surface area (TPSA) is 70.5 Å². The van der Waals surface area contributed by atoms with Crippen molar-refractivity contribution in [1.29, 1.82) is 0 Å². The van der Waals surface area contributed by atoms with Crippen LogP contribution < -0.4 is 10.2 Å². The molecule has 112 valence electrons. The summed E-state index contributed by atoms with van der Waals surface area (Å²) in [6, 6.07) is 0. The molecular weight excluding hydrogens is 280 g/mol. The Morgan fingerprint density at radius 3 is 3.05 bits per heavy atom. The van der Waals surface area contributed by atoms with E-state index >= 15 is 0 Å². The minimum absolute atomic E-state index is 0.00944. The highest BCUT2D eigenvalue weighted by molar-refractivity contribution is 6.32. The zero-order valence-electron chi connectivity index (χ0n) is 11.8. The van der Waals surface area contributed by atoms with Crippen LogP contribution in [0.4, 0.5) is 11.8 Å². The van der Waals surface area contributed by atoms with Crippen molar-refractivity contribution >= 4 is 23.4 Å². The van der Waals surface area contributed by atoms with Crippen molar-refractivity contribution < 1.29 is 9.84 Å². The minimum Gasteiger partial charge on any atom is -0.394 e. The molecule has 1 saturated heterocycles. The highest BCUT2D eigenvalue weighted by Crippen LogP contribution is 2.26. The summed E-state index contributed by atoms with van der Waals surface area (Å²) in [5, 5.41) is 12.9. The number of hydrogen-bond acceptors (Lipinski definition) is 6. The average molecular weight is 301 g/mol. The number of halogens is 1. The molecule has 1 aliphatic heterocycles. The lowest BCUT2D eigenvalue weighted by Gasteiger charge is -2.37. The van der Waals surface area contributed by atoms with Crippen LogP contribution in [0.2, 0.25) is 5.02 Å². The summed E-state index contributed by atoms with van der Waals surface area (Å²) < 4.78 is 5.63. The molecule has 2 atom stereocenters. The fraction of sp³-hybridized carbons (Fsp3) is 0.692. The Bertz CT molecular complexity index is 446.